The maximum atomic E-state index is 10.9. The molecule has 2 fully saturated rings. The van der Waals surface area contributed by atoms with Gasteiger partial charge in [0.1, 0.15) is 0 Å². The number of carboxylic acid groups (broad SMARTS) is 1. The second-order valence-electron chi connectivity index (χ2n) is 5.40. The van der Waals surface area contributed by atoms with Gasteiger partial charge in [0.05, 0.1) is 12.0 Å². The standard InChI is InChI=1S/C12H22N2O2S/c1-17-12(4-2-3-5-12)9-14-11(6-10(15)16)7-13-8-11/h13-14H,2-9H2,1H3,(H,15,16). The van der Waals surface area contributed by atoms with Crippen LogP contribution in [0.4, 0.5) is 0 Å². The quantitative estimate of drug-likeness (QED) is 0.665. The number of thioether (sulfide) groups is 1. The molecule has 0 aromatic heterocycles. The van der Waals surface area contributed by atoms with Gasteiger partial charge in [0.25, 0.3) is 0 Å². The number of hydrogen-bond acceptors (Lipinski definition) is 4. The summed E-state index contributed by atoms with van der Waals surface area (Å²) in [5.74, 6) is -0.705. The van der Waals surface area contributed by atoms with Crippen molar-refractivity contribution in [2.24, 2.45) is 0 Å². The van der Waals surface area contributed by atoms with E-state index in [-0.39, 0.29) is 12.0 Å². The maximum absolute atomic E-state index is 10.9. The first-order valence-electron chi connectivity index (χ1n) is 6.33. The molecule has 98 valence electrons. The van der Waals surface area contributed by atoms with Gasteiger partial charge in [-0.3, -0.25) is 4.79 Å². The van der Waals surface area contributed by atoms with Crippen molar-refractivity contribution in [3.63, 3.8) is 0 Å². The highest BCUT2D eigenvalue weighted by Crippen LogP contribution is 2.40. The average Bonchev–Trinajstić information content (AvgIpc) is 2.71. The number of rotatable bonds is 6. The fraction of sp³-hybridized carbons (Fsp3) is 0.917. The van der Waals surface area contributed by atoms with Gasteiger partial charge >= 0.3 is 5.97 Å². The Morgan fingerprint density at radius 1 is 1.41 bits per heavy atom. The van der Waals surface area contributed by atoms with Gasteiger partial charge in [0.2, 0.25) is 0 Å². The van der Waals surface area contributed by atoms with E-state index in [1.54, 1.807) is 0 Å². The minimum absolute atomic E-state index is 0.197. The van der Waals surface area contributed by atoms with E-state index >= 15 is 0 Å². The molecule has 0 aromatic rings. The third-order valence-corrected chi connectivity index (χ3v) is 5.57. The van der Waals surface area contributed by atoms with Gasteiger partial charge < -0.3 is 15.7 Å². The molecule has 2 rings (SSSR count). The summed E-state index contributed by atoms with van der Waals surface area (Å²) in [4.78, 5) is 10.9. The van der Waals surface area contributed by atoms with Crippen LogP contribution in [0.5, 0.6) is 0 Å². The van der Waals surface area contributed by atoms with Gasteiger partial charge in [-0.05, 0) is 19.1 Å². The van der Waals surface area contributed by atoms with Crippen molar-refractivity contribution in [3.8, 4) is 0 Å². The molecule has 0 amide bonds. The molecule has 5 heteroatoms. The van der Waals surface area contributed by atoms with Gasteiger partial charge in [-0.1, -0.05) is 12.8 Å². The number of aliphatic carboxylic acids is 1. The summed E-state index contributed by atoms with van der Waals surface area (Å²) < 4.78 is 0.348. The smallest absolute Gasteiger partial charge is 0.305 e. The molecular weight excluding hydrogens is 236 g/mol. The van der Waals surface area contributed by atoms with Crippen LogP contribution in [-0.2, 0) is 4.79 Å². The van der Waals surface area contributed by atoms with E-state index < -0.39 is 5.97 Å². The first-order chi connectivity index (χ1) is 8.10. The first kappa shape index (κ1) is 13.2. The van der Waals surface area contributed by atoms with Crippen LogP contribution in [0.1, 0.15) is 32.1 Å². The normalized spacial score (nSPS) is 25.5. The molecule has 2 aliphatic rings. The lowest BCUT2D eigenvalue weighted by atomic mass is 9.87. The van der Waals surface area contributed by atoms with Crippen LogP contribution in [0, 0.1) is 0 Å². The molecule has 1 aliphatic carbocycles. The second kappa shape index (κ2) is 5.16. The Balaban J connectivity index is 1.89. The van der Waals surface area contributed by atoms with Crippen molar-refractivity contribution in [1.82, 2.24) is 10.6 Å². The largest absolute Gasteiger partial charge is 0.481 e. The van der Waals surface area contributed by atoms with Gasteiger partial charge in [-0.2, -0.15) is 11.8 Å². The van der Waals surface area contributed by atoms with E-state index in [4.69, 9.17) is 5.11 Å². The molecule has 0 radical (unpaired) electrons. The average molecular weight is 258 g/mol. The van der Waals surface area contributed by atoms with E-state index in [0.717, 1.165) is 19.6 Å². The fourth-order valence-corrected chi connectivity index (χ4v) is 3.76. The minimum atomic E-state index is -0.705. The topological polar surface area (TPSA) is 61.4 Å². The van der Waals surface area contributed by atoms with E-state index in [1.807, 2.05) is 11.8 Å². The molecule has 0 atom stereocenters. The molecule has 0 aromatic carbocycles. The lowest BCUT2D eigenvalue weighted by molar-refractivity contribution is -0.139. The van der Waals surface area contributed by atoms with Crippen molar-refractivity contribution in [3.05, 3.63) is 0 Å². The lowest BCUT2D eigenvalue weighted by Crippen LogP contribution is -2.69. The highest BCUT2D eigenvalue weighted by molar-refractivity contribution is 8.00. The van der Waals surface area contributed by atoms with Crippen molar-refractivity contribution in [2.75, 3.05) is 25.9 Å². The first-order valence-corrected chi connectivity index (χ1v) is 7.55. The SMILES string of the molecule is CSC1(CNC2(CC(=O)O)CNC2)CCCC1. The predicted molar refractivity (Wildman–Crippen MR) is 70.6 cm³/mol. The number of carbonyl (C=O) groups is 1. The fourth-order valence-electron chi connectivity index (χ4n) is 2.85. The van der Waals surface area contributed by atoms with Gasteiger partial charge in [-0.15, -0.1) is 0 Å². The maximum Gasteiger partial charge on any atom is 0.305 e. The molecule has 0 unspecified atom stereocenters. The van der Waals surface area contributed by atoms with Crippen LogP contribution in [0.3, 0.4) is 0 Å². The van der Waals surface area contributed by atoms with Crippen LogP contribution in [-0.4, -0.2) is 47.3 Å². The molecule has 17 heavy (non-hydrogen) atoms. The Morgan fingerprint density at radius 2 is 2.06 bits per heavy atom. The van der Waals surface area contributed by atoms with Gasteiger partial charge in [0, 0.05) is 24.4 Å². The molecule has 1 saturated carbocycles. The molecule has 3 N–H and O–H groups in total. The van der Waals surface area contributed by atoms with Crippen LogP contribution >= 0.6 is 11.8 Å². The van der Waals surface area contributed by atoms with E-state index in [0.29, 0.717) is 4.75 Å². The Hall–Kier alpha value is -0.260. The van der Waals surface area contributed by atoms with Crippen molar-refractivity contribution in [1.29, 1.82) is 0 Å². The number of hydrogen-bond donors (Lipinski definition) is 3. The van der Waals surface area contributed by atoms with Crippen LogP contribution in [0.2, 0.25) is 0 Å². The summed E-state index contributed by atoms with van der Waals surface area (Å²) in [5.41, 5.74) is -0.197. The zero-order chi connectivity index (χ0) is 12.4. The van der Waals surface area contributed by atoms with Gasteiger partial charge in [-0.25, -0.2) is 0 Å². The van der Waals surface area contributed by atoms with Crippen LogP contribution in [0.15, 0.2) is 0 Å². The molecule has 0 bridgehead atoms. The molecular formula is C12H22N2O2S. The summed E-state index contributed by atoms with van der Waals surface area (Å²) in [6, 6.07) is 0. The van der Waals surface area contributed by atoms with Crippen molar-refractivity contribution < 1.29 is 9.90 Å². The highest BCUT2D eigenvalue weighted by Gasteiger charge is 2.42. The van der Waals surface area contributed by atoms with E-state index in [1.165, 1.54) is 25.7 Å². The Morgan fingerprint density at radius 3 is 2.47 bits per heavy atom. The monoisotopic (exact) mass is 258 g/mol. The van der Waals surface area contributed by atoms with Crippen LogP contribution < -0.4 is 10.6 Å². The Bertz CT molecular complexity index is 286. The zero-order valence-corrected chi connectivity index (χ0v) is 11.2. The molecule has 1 heterocycles. The molecule has 4 nitrogen and oxygen atoms in total. The third kappa shape index (κ3) is 2.95. The third-order valence-electron chi connectivity index (χ3n) is 4.15. The Kier molecular flexibility index (Phi) is 4.00. The summed E-state index contributed by atoms with van der Waals surface area (Å²) in [7, 11) is 0. The summed E-state index contributed by atoms with van der Waals surface area (Å²) in [6.45, 7) is 2.51. The number of nitrogens with one attached hydrogen (secondary N) is 2. The van der Waals surface area contributed by atoms with Crippen LogP contribution in [0.25, 0.3) is 0 Å². The van der Waals surface area contributed by atoms with E-state index in [9.17, 15) is 4.79 Å². The van der Waals surface area contributed by atoms with E-state index in [2.05, 4.69) is 16.9 Å². The lowest BCUT2D eigenvalue weighted by Gasteiger charge is -2.44. The molecule has 1 aliphatic heterocycles. The summed E-state index contributed by atoms with van der Waals surface area (Å²) in [6.07, 6.45) is 7.55. The zero-order valence-electron chi connectivity index (χ0n) is 10.4. The van der Waals surface area contributed by atoms with Crippen molar-refractivity contribution in [2.45, 2.75) is 42.4 Å². The number of carboxylic acids is 1. The highest BCUT2D eigenvalue weighted by atomic mass is 32.2. The Labute approximate surface area is 107 Å². The van der Waals surface area contributed by atoms with Gasteiger partial charge in [0.15, 0.2) is 0 Å². The summed E-state index contributed by atoms with van der Waals surface area (Å²) >= 11 is 1.94. The molecule has 1 saturated heterocycles. The second-order valence-corrected chi connectivity index (χ2v) is 6.68. The predicted octanol–water partition coefficient (Wildman–Crippen LogP) is 1.07. The molecule has 0 spiro atoms. The minimum Gasteiger partial charge on any atom is -0.481 e. The van der Waals surface area contributed by atoms with Crippen molar-refractivity contribution >= 4 is 17.7 Å². The summed E-state index contributed by atoms with van der Waals surface area (Å²) in [5, 5.41) is 15.7.